The molecule has 0 saturated heterocycles. The minimum atomic E-state index is -0.264. The number of pyridine rings is 1. The lowest BCUT2D eigenvalue weighted by atomic mass is 9.81. The molecule has 2 saturated carbocycles. The van der Waals surface area contributed by atoms with Gasteiger partial charge in [0.1, 0.15) is 5.82 Å². The number of rotatable bonds is 3. The standard InChI is InChI=1S/C18H18FN3/c1-3-12-8-14(9-12)22-10-15(18(21-22)13-4-5-13)17-7-6-16(19)11(2)20-17/h1,6-7,10,12-14H,4-5,8-9H2,2H3/t12-,14-. The molecule has 2 aromatic rings. The largest absolute Gasteiger partial charge is 0.269 e. The smallest absolute Gasteiger partial charge is 0.144 e. The van der Waals surface area contributed by atoms with E-state index in [9.17, 15) is 4.39 Å². The van der Waals surface area contributed by atoms with E-state index in [4.69, 9.17) is 11.5 Å². The summed E-state index contributed by atoms with van der Waals surface area (Å²) in [7, 11) is 0. The van der Waals surface area contributed by atoms with Gasteiger partial charge in [-0.2, -0.15) is 5.10 Å². The summed E-state index contributed by atoms with van der Waals surface area (Å²) in [5.41, 5.74) is 3.42. The van der Waals surface area contributed by atoms with E-state index in [1.54, 1.807) is 13.0 Å². The molecular formula is C18H18FN3. The minimum absolute atomic E-state index is 0.264. The number of terminal acetylenes is 1. The van der Waals surface area contributed by atoms with E-state index >= 15 is 0 Å². The number of aromatic nitrogens is 3. The predicted molar refractivity (Wildman–Crippen MR) is 82.7 cm³/mol. The van der Waals surface area contributed by atoms with Crippen molar-refractivity contribution in [2.24, 2.45) is 5.92 Å². The Morgan fingerprint density at radius 2 is 2.09 bits per heavy atom. The summed E-state index contributed by atoms with van der Waals surface area (Å²) in [5.74, 6) is 3.46. The van der Waals surface area contributed by atoms with Gasteiger partial charge >= 0.3 is 0 Å². The van der Waals surface area contributed by atoms with Crippen molar-refractivity contribution in [3.63, 3.8) is 0 Å². The minimum Gasteiger partial charge on any atom is -0.269 e. The highest BCUT2D eigenvalue weighted by Gasteiger charge is 2.34. The van der Waals surface area contributed by atoms with Gasteiger partial charge in [-0.05, 0) is 44.7 Å². The third kappa shape index (κ3) is 2.21. The van der Waals surface area contributed by atoms with E-state index in [0.717, 1.165) is 29.8 Å². The van der Waals surface area contributed by atoms with Gasteiger partial charge in [0, 0.05) is 23.6 Å². The van der Waals surface area contributed by atoms with Gasteiger partial charge in [-0.15, -0.1) is 12.3 Å². The van der Waals surface area contributed by atoms with Gasteiger partial charge in [-0.3, -0.25) is 4.68 Å². The molecule has 4 heteroatoms. The Bertz CT molecular complexity index is 761. The van der Waals surface area contributed by atoms with Crippen LogP contribution >= 0.6 is 0 Å². The molecule has 112 valence electrons. The van der Waals surface area contributed by atoms with Gasteiger partial charge in [0.2, 0.25) is 0 Å². The number of aryl methyl sites for hydroxylation is 1. The zero-order chi connectivity index (χ0) is 15.3. The van der Waals surface area contributed by atoms with Crippen molar-refractivity contribution >= 4 is 0 Å². The molecule has 2 heterocycles. The van der Waals surface area contributed by atoms with Crippen LogP contribution in [0, 0.1) is 31.0 Å². The van der Waals surface area contributed by atoms with Gasteiger partial charge in [0.15, 0.2) is 0 Å². The molecule has 0 unspecified atom stereocenters. The Kier molecular flexibility index (Phi) is 3.04. The van der Waals surface area contributed by atoms with E-state index in [1.807, 2.05) is 0 Å². The molecule has 0 aromatic carbocycles. The highest BCUT2D eigenvalue weighted by atomic mass is 19.1. The number of nitrogens with zero attached hydrogens (tertiary/aromatic N) is 3. The molecule has 2 fully saturated rings. The van der Waals surface area contributed by atoms with Crippen LogP contribution in [-0.4, -0.2) is 14.8 Å². The van der Waals surface area contributed by atoms with Crippen LogP contribution in [0.4, 0.5) is 4.39 Å². The second kappa shape index (κ2) is 4.95. The first-order valence-corrected chi connectivity index (χ1v) is 7.84. The molecule has 0 bridgehead atoms. The van der Waals surface area contributed by atoms with Crippen LogP contribution in [-0.2, 0) is 0 Å². The molecule has 0 radical (unpaired) electrons. The molecule has 4 rings (SSSR count). The first-order chi connectivity index (χ1) is 10.7. The zero-order valence-corrected chi connectivity index (χ0v) is 12.6. The monoisotopic (exact) mass is 295 g/mol. The Balaban J connectivity index is 1.70. The lowest BCUT2D eigenvalue weighted by molar-refractivity contribution is 0.231. The molecule has 0 amide bonds. The summed E-state index contributed by atoms with van der Waals surface area (Å²) in [5, 5.41) is 4.81. The van der Waals surface area contributed by atoms with Crippen molar-refractivity contribution in [3.05, 3.63) is 35.5 Å². The van der Waals surface area contributed by atoms with E-state index in [2.05, 4.69) is 21.8 Å². The Labute approximate surface area is 129 Å². The maximum absolute atomic E-state index is 13.5. The van der Waals surface area contributed by atoms with Crippen molar-refractivity contribution in [3.8, 4) is 23.6 Å². The molecule has 0 atom stereocenters. The van der Waals surface area contributed by atoms with Gasteiger partial charge in [-0.1, -0.05) is 0 Å². The maximum Gasteiger partial charge on any atom is 0.144 e. The number of hydrogen-bond donors (Lipinski definition) is 0. The highest BCUT2D eigenvalue weighted by molar-refractivity contribution is 5.63. The van der Waals surface area contributed by atoms with E-state index in [1.165, 1.54) is 18.9 Å². The van der Waals surface area contributed by atoms with E-state index in [-0.39, 0.29) is 5.82 Å². The topological polar surface area (TPSA) is 30.7 Å². The summed E-state index contributed by atoms with van der Waals surface area (Å²) in [6.07, 6.45) is 11.9. The second-order valence-corrected chi connectivity index (χ2v) is 6.43. The average Bonchev–Trinajstić information content (AvgIpc) is 3.21. The van der Waals surface area contributed by atoms with Crippen LogP contribution in [0.5, 0.6) is 0 Å². The van der Waals surface area contributed by atoms with Crippen molar-refractivity contribution < 1.29 is 4.39 Å². The van der Waals surface area contributed by atoms with Crippen LogP contribution in [0.2, 0.25) is 0 Å². The number of halogens is 1. The lowest BCUT2D eigenvalue weighted by Crippen LogP contribution is -2.26. The average molecular weight is 295 g/mol. The molecule has 3 nitrogen and oxygen atoms in total. The third-order valence-electron chi connectivity index (χ3n) is 4.74. The maximum atomic E-state index is 13.5. The normalized spacial score (nSPS) is 23.9. The Morgan fingerprint density at radius 3 is 2.73 bits per heavy atom. The van der Waals surface area contributed by atoms with Crippen molar-refractivity contribution in [2.75, 3.05) is 0 Å². The fourth-order valence-corrected chi connectivity index (χ4v) is 3.08. The molecule has 22 heavy (non-hydrogen) atoms. The van der Waals surface area contributed by atoms with Gasteiger partial charge in [0.05, 0.1) is 23.1 Å². The summed E-state index contributed by atoms with van der Waals surface area (Å²) in [6.45, 7) is 1.70. The van der Waals surface area contributed by atoms with Crippen LogP contribution in [0.3, 0.4) is 0 Å². The van der Waals surface area contributed by atoms with Crippen LogP contribution in [0.1, 0.15) is 49.0 Å². The Morgan fingerprint density at radius 1 is 1.32 bits per heavy atom. The fourth-order valence-electron chi connectivity index (χ4n) is 3.08. The zero-order valence-electron chi connectivity index (χ0n) is 12.6. The van der Waals surface area contributed by atoms with Gasteiger partial charge < -0.3 is 0 Å². The summed E-state index contributed by atoms with van der Waals surface area (Å²) < 4.78 is 15.5. The van der Waals surface area contributed by atoms with E-state index < -0.39 is 0 Å². The van der Waals surface area contributed by atoms with Crippen molar-refractivity contribution in [1.29, 1.82) is 0 Å². The first-order valence-electron chi connectivity index (χ1n) is 7.84. The highest BCUT2D eigenvalue weighted by Crippen LogP contribution is 2.45. The summed E-state index contributed by atoms with van der Waals surface area (Å²) in [4.78, 5) is 4.40. The van der Waals surface area contributed by atoms with Crippen molar-refractivity contribution in [2.45, 2.75) is 44.6 Å². The van der Waals surface area contributed by atoms with Gasteiger partial charge in [0.25, 0.3) is 0 Å². The van der Waals surface area contributed by atoms with Crippen LogP contribution in [0.15, 0.2) is 18.3 Å². The Hall–Kier alpha value is -2.15. The molecular weight excluding hydrogens is 277 g/mol. The summed E-state index contributed by atoms with van der Waals surface area (Å²) in [6, 6.07) is 3.64. The SMILES string of the molecule is C#C[C@H]1C[C@H](n2cc(-c3ccc(F)c(C)n3)c(C3CC3)n2)C1. The third-order valence-corrected chi connectivity index (χ3v) is 4.74. The first kappa shape index (κ1) is 13.5. The van der Waals surface area contributed by atoms with Crippen LogP contribution < -0.4 is 0 Å². The summed E-state index contributed by atoms with van der Waals surface area (Å²) >= 11 is 0. The molecule has 0 spiro atoms. The molecule has 0 aliphatic heterocycles. The molecule has 2 aliphatic rings. The van der Waals surface area contributed by atoms with Gasteiger partial charge in [-0.25, -0.2) is 9.37 Å². The molecule has 0 N–H and O–H groups in total. The predicted octanol–water partition coefficient (Wildman–Crippen LogP) is 3.85. The molecule has 2 aromatic heterocycles. The molecule has 2 aliphatic carbocycles. The lowest BCUT2D eigenvalue weighted by Gasteiger charge is -2.31. The number of hydrogen-bond acceptors (Lipinski definition) is 2. The van der Waals surface area contributed by atoms with Crippen molar-refractivity contribution in [1.82, 2.24) is 14.8 Å². The van der Waals surface area contributed by atoms with E-state index in [0.29, 0.717) is 23.6 Å². The van der Waals surface area contributed by atoms with Crippen LogP contribution in [0.25, 0.3) is 11.3 Å². The fraction of sp³-hybridized carbons (Fsp3) is 0.444. The second-order valence-electron chi connectivity index (χ2n) is 6.43. The quantitative estimate of drug-likeness (QED) is 0.805.